The molecule has 0 aromatic carbocycles. The van der Waals surface area contributed by atoms with Crippen LogP contribution in [0.4, 0.5) is 20.4 Å². The van der Waals surface area contributed by atoms with Crippen LogP contribution in [0.5, 0.6) is 0 Å². The minimum Gasteiger partial charge on any atom is -0.382 e. The highest BCUT2D eigenvalue weighted by Crippen LogP contribution is 2.25. The second-order valence-corrected chi connectivity index (χ2v) is 3.98. The van der Waals surface area contributed by atoms with Crippen molar-refractivity contribution < 1.29 is 8.78 Å². The number of nitrogen functional groups attached to an aromatic ring is 1. The predicted octanol–water partition coefficient (Wildman–Crippen LogP) is 1.54. The van der Waals surface area contributed by atoms with Crippen molar-refractivity contribution in [3.63, 3.8) is 0 Å². The van der Waals surface area contributed by atoms with Crippen LogP contribution in [-0.4, -0.2) is 29.7 Å². The van der Waals surface area contributed by atoms with Crippen molar-refractivity contribution >= 4 is 11.6 Å². The number of anilines is 2. The SMILES string of the molecule is Nc1ccc(N2CCC(C(F)F)CC2)nn1. The van der Waals surface area contributed by atoms with Crippen LogP contribution in [0.1, 0.15) is 12.8 Å². The molecule has 1 fully saturated rings. The van der Waals surface area contributed by atoms with Gasteiger partial charge in [0.05, 0.1) is 0 Å². The molecule has 2 rings (SSSR count). The molecular weight excluding hydrogens is 214 g/mol. The molecule has 1 aromatic rings. The third-order valence-electron chi connectivity index (χ3n) is 2.89. The highest BCUT2D eigenvalue weighted by molar-refractivity contribution is 5.41. The van der Waals surface area contributed by atoms with Gasteiger partial charge in [0.1, 0.15) is 5.82 Å². The molecule has 2 N–H and O–H groups in total. The molecule has 0 radical (unpaired) electrons. The smallest absolute Gasteiger partial charge is 0.241 e. The summed E-state index contributed by atoms with van der Waals surface area (Å²) in [4.78, 5) is 1.96. The zero-order valence-electron chi connectivity index (χ0n) is 8.81. The second-order valence-electron chi connectivity index (χ2n) is 3.98. The highest BCUT2D eigenvalue weighted by atomic mass is 19.3. The maximum absolute atomic E-state index is 12.4. The lowest BCUT2D eigenvalue weighted by Crippen LogP contribution is -2.36. The number of nitrogens with two attached hydrogens (primary N) is 1. The Balaban J connectivity index is 1.96. The molecule has 6 heteroatoms. The number of rotatable bonds is 2. The van der Waals surface area contributed by atoms with Crippen LogP contribution in [0.2, 0.25) is 0 Å². The minimum absolute atomic E-state index is 0.367. The van der Waals surface area contributed by atoms with E-state index in [4.69, 9.17) is 5.73 Å². The molecule has 2 heterocycles. The van der Waals surface area contributed by atoms with Crippen LogP contribution in [0.25, 0.3) is 0 Å². The quantitative estimate of drug-likeness (QED) is 0.834. The van der Waals surface area contributed by atoms with Crippen molar-refractivity contribution in [1.82, 2.24) is 10.2 Å². The van der Waals surface area contributed by atoms with E-state index in [1.165, 1.54) is 0 Å². The number of hydrogen-bond donors (Lipinski definition) is 1. The summed E-state index contributed by atoms with van der Waals surface area (Å²) in [6, 6.07) is 3.44. The van der Waals surface area contributed by atoms with Crippen LogP contribution in [0.3, 0.4) is 0 Å². The van der Waals surface area contributed by atoms with Gasteiger partial charge in [-0.1, -0.05) is 0 Å². The Kier molecular flexibility index (Phi) is 3.17. The van der Waals surface area contributed by atoms with Crippen LogP contribution < -0.4 is 10.6 Å². The van der Waals surface area contributed by atoms with E-state index in [9.17, 15) is 8.78 Å². The number of hydrogen-bond acceptors (Lipinski definition) is 4. The van der Waals surface area contributed by atoms with Gasteiger partial charge in [-0.15, -0.1) is 10.2 Å². The Bertz CT molecular complexity index is 333. The first-order chi connectivity index (χ1) is 7.66. The van der Waals surface area contributed by atoms with Crippen LogP contribution >= 0.6 is 0 Å². The molecule has 4 nitrogen and oxygen atoms in total. The van der Waals surface area contributed by atoms with Crippen molar-refractivity contribution in [1.29, 1.82) is 0 Å². The van der Waals surface area contributed by atoms with E-state index in [1.54, 1.807) is 12.1 Å². The molecule has 0 unspecified atom stereocenters. The summed E-state index contributed by atoms with van der Waals surface area (Å²) in [6.45, 7) is 1.21. The first-order valence-electron chi connectivity index (χ1n) is 5.29. The maximum Gasteiger partial charge on any atom is 0.241 e. The predicted molar refractivity (Wildman–Crippen MR) is 57.4 cm³/mol. The summed E-state index contributed by atoms with van der Waals surface area (Å²) in [6.07, 6.45) is -1.20. The van der Waals surface area contributed by atoms with Crippen LogP contribution in [0, 0.1) is 5.92 Å². The van der Waals surface area contributed by atoms with Gasteiger partial charge in [-0.05, 0) is 25.0 Å². The van der Waals surface area contributed by atoms with Crippen molar-refractivity contribution in [2.45, 2.75) is 19.3 Å². The molecule has 0 bridgehead atoms. The summed E-state index contributed by atoms with van der Waals surface area (Å²) >= 11 is 0. The van der Waals surface area contributed by atoms with Crippen molar-refractivity contribution in [3.05, 3.63) is 12.1 Å². The van der Waals surface area contributed by atoms with Gasteiger partial charge in [-0.25, -0.2) is 8.78 Å². The lowest BCUT2D eigenvalue weighted by molar-refractivity contribution is 0.0635. The fraction of sp³-hybridized carbons (Fsp3) is 0.600. The Morgan fingerprint density at radius 3 is 2.44 bits per heavy atom. The minimum atomic E-state index is -2.21. The van der Waals surface area contributed by atoms with Gasteiger partial charge >= 0.3 is 0 Å². The number of nitrogens with zero attached hydrogens (tertiary/aromatic N) is 3. The topological polar surface area (TPSA) is 55.0 Å². The summed E-state index contributed by atoms with van der Waals surface area (Å²) < 4.78 is 24.9. The zero-order valence-corrected chi connectivity index (χ0v) is 8.81. The van der Waals surface area contributed by atoms with Crippen LogP contribution in [-0.2, 0) is 0 Å². The number of alkyl halides is 2. The summed E-state index contributed by atoms with van der Waals surface area (Å²) in [7, 11) is 0. The van der Waals surface area contributed by atoms with Crippen molar-refractivity contribution in [2.75, 3.05) is 23.7 Å². The Morgan fingerprint density at radius 2 is 1.94 bits per heavy atom. The highest BCUT2D eigenvalue weighted by Gasteiger charge is 2.26. The number of piperidine rings is 1. The Morgan fingerprint density at radius 1 is 1.25 bits per heavy atom. The monoisotopic (exact) mass is 228 g/mol. The first-order valence-corrected chi connectivity index (χ1v) is 5.29. The lowest BCUT2D eigenvalue weighted by atomic mass is 9.97. The lowest BCUT2D eigenvalue weighted by Gasteiger charge is -2.31. The summed E-state index contributed by atoms with van der Waals surface area (Å²) in [5, 5.41) is 7.68. The fourth-order valence-electron chi connectivity index (χ4n) is 1.88. The van der Waals surface area contributed by atoms with Gasteiger partial charge in [0.2, 0.25) is 6.43 Å². The van der Waals surface area contributed by atoms with E-state index >= 15 is 0 Å². The molecule has 1 saturated heterocycles. The molecule has 1 aliphatic rings. The standard InChI is InChI=1S/C10H14F2N4/c11-10(12)7-3-5-16(6-4-7)9-2-1-8(13)14-15-9/h1-2,7,10H,3-6H2,(H2,13,14). The maximum atomic E-state index is 12.4. The van der Waals surface area contributed by atoms with Gasteiger partial charge in [0.15, 0.2) is 5.82 Å². The Labute approximate surface area is 92.5 Å². The van der Waals surface area contributed by atoms with Gasteiger partial charge in [-0.2, -0.15) is 0 Å². The van der Waals surface area contributed by atoms with Crippen molar-refractivity contribution in [3.8, 4) is 0 Å². The van der Waals surface area contributed by atoms with E-state index < -0.39 is 12.3 Å². The number of halogens is 2. The molecular formula is C10H14F2N4. The van der Waals surface area contributed by atoms with Gasteiger partial charge < -0.3 is 10.6 Å². The van der Waals surface area contributed by atoms with Gasteiger partial charge in [0, 0.05) is 19.0 Å². The Hall–Kier alpha value is -1.46. The van der Waals surface area contributed by atoms with E-state index in [1.807, 2.05) is 4.90 Å². The molecule has 1 aromatic heterocycles. The number of aromatic nitrogens is 2. The molecule has 88 valence electrons. The molecule has 0 spiro atoms. The van der Waals surface area contributed by atoms with E-state index in [-0.39, 0.29) is 0 Å². The van der Waals surface area contributed by atoms with Crippen molar-refractivity contribution in [2.24, 2.45) is 5.92 Å². The summed E-state index contributed by atoms with van der Waals surface area (Å²) in [5.74, 6) is 0.603. The molecule has 0 amide bonds. The van der Waals surface area contributed by atoms with Gasteiger partial charge in [-0.3, -0.25) is 0 Å². The largest absolute Gasteiger partial charge is 0.382 e. The zero-order chi connectivity index (χ0) is 11.5. The molecule has 0 atom stereocenters. The average molecular weight is 228 g/mol. The summed E-state index contributed by atoms with van der Waals surface area (Å²) in [5.41, 5.74) is 5.43. The van der Waals surface area contributed by atoms with E-state index in [0.717, 1.165) is 0 Å². The first kappa shape index (κ1) is 11.0. The molecule has 0 saturated carbocycles. The third kappa shape index (κ3) is 2.37. The van der Waals surface area contributed by atoms with E-state index in [0.29, 0.717) is 37.6 Å². The van der Waals surface area contributed by atoms with Gasteiger partial charge in [0.25, 0.3) is 0 Å². The molecule has 16 heavy (non-hydrogen) atoms. The van der Waals surface area contributed by atoms with E-state index in [2.05, 4.69) is 10.2 Å². The fourth-order valence-corrected chi connectivity index (χ4v) is 1.88. The normalized spacial score (nSPS) is 18.1. The second kappa shape index (κ2) is 4.59. The van der Waals surface area contributed by atoms with Crippen LogP contribution in [0.15, 0.2) is 12.1 Å². The molecule has 0 aliphatic carbocycles. The molecule has 1 aliphatic heterocycles. The average Bonchev–Trinajstić information content (AvgIpc) is 2.30. The third-order valence-corrected chi connectivity index (χ3v) is 2.89.